The Morgan fingerprint density at radius 2 is 1.93 bits per heavy atom. The van der Waals surface area contributed by atoms with E-state index in [2.05, 4.69) is 20.8 Å². The Morgan fingerprint density at radius 1 is 1.14 bits per heavy atom. The number of nitro groups is 1. The molecule has 9 nitrogen and oxygen atoms in total. The van der Waals surface area contributed by atoms with Crippen LogP contribution in [0.5, 0.6) is 0 Å². The molecule has 0 saturated carbocycles. The van der Waals surface area contributed by atoms with E-state index in [0.717, 1.165) is 11.3 Å². The molecule has 3 rings (SSSR count). The largest absolute Gasteiger partial charge is 0.325 e. The number of carbonyl (C=O) groups is 1. The van der Waals surface area contributed by atoms with E-state index in [1.807, 2.05) is 32.0 Å². The summed E-state index contributed by atoms with van der Waals surface area (Å²) in [6, 6.07) is 10.2. The van der Waals surface area contributed by atoms with Crippen LogP contribution in [0, 0.1) is 30.9 Å². The van der Waals surface area contributed by atoms with Crippen LogP contribution in [0.1, 0.15) is 16.7 Å². The number of nitrogens with zero attached hydrogens (tertiary/aromatic N) is 5. The van der Waals surface area contributed by atoms with Crippen LogP contribution in [0.2, 0.25) is 0 Å². The Balaban J connectivity index is 1.67. The first-order valence-electron chi connectivity index (χ1n) is 8.39. The summed E-state index contributed by atoms with van der Waals surface area (Å²) in [4.78, 5) is 22.6. The standard InChI is InChI=1S/C18H18N6O3S/c1-11-4-5-14(8-12(11)2)23-18(20-21-22-23)28-10-17(25)19-16-7-6-15(24(26)27)9-13(16)3/h4-9H,10H2,1-3H3,(H,19,25). The van der Waals surface area contributed by atoms with Gasteiger partial charge in [0.2, 0.25) is 11.1 Å². The zero-order chi connectivity index (χ0) is 20.3. The number of hydrogen-bond donors (Lipinski definition) is 1. The zero-order valence-corrected chi connectivity index (χ0v) is 16.4. The van der Waals surface area contributed by atoms with Gasteiger partial charge < -0.3 is 5.32 Å². The number of aromatic nitrogens is 4. The van der Waals surface area contributed by atoms with Gasteiger partial charge in [0.05, 0.1) is 16.4 Å². The number of tetrazole rings is 1. The van der Waals surface area contributed by atoms with Gasteiger partial charge in [0, 0.05) is 17.8 Å². The van der Waals surface area contributed by atoms with Gasteiger partial charge in [-0.3, -0.25) is 14.9 Å². The van der Waals surface area contributed by atoms with Crippen molar-refractivity contribution in [2.45, 2.75) is 25.9 Å². The van der Waals surface area contributed by atoms with Crippen LogP contribution in [0.15, 0.2) is 41.6 Å². The summed E-state index contributed by atoms with van der Waals surface area (Å²) in [7, 11) is 0. The second-order valence-corrected chi connectivity index (χ2v) is 7.18. The highest BCUT2D eigenvalue weighted by atomic mass is 32.2. The lowest BCUT2D eigenvalue weighted by molar-refractivity contribution is -0.384. The maximum atomic E-state index is 12.3. The van der Waals surface area contributed by atoms with Crippen LogP contribution in [-0.2, 0) is 4.79 Å². The van der Waals surface area contributed by atoms with Crippen LogP contribution < -0.4 is 5.32 Å². The normalized spacial score (nSPS) is 10.7. The molecule has 0 spiro atoms. The molecule has 1 heterocycles. The van der Waals surface area contributed by atoms with Gasteiger partial charge in [-0.05, 0) is 66.1 Å². The molecule has 3 aromatic rings. The van der Waals surface area contributed by atoms with Gasteiger partial charge in [-0.25, -0.2) is 0 Å². The van der Waals surface area contributed by atoms with Crippen LogP contribution in [0.4, 0.5) is 11.4 Å². The molecule has 0 atom stereocenters. The fraction of sp³-hybridized carbons (Fsp3) is 0.222. The van der Waals surface area contributed by atoms with E-state index in [9.17, 15) is 14.9 Å². The minimum Gasteiger partial charge on any atom is -0.325 e. The maximum absolute atomic E-state index is 12.3. The first-order chi connectivity index (χ1) is 13.3. The first-order valence-corrected chi connectivity index (χ1v) is 9.37. The number of aryl methyl sites for hydroxylation is 3. The molecule has 0 aliphatic carbocycles. The molecule has 0 unspecified atom stereocenters. The van der Waals surface area contributed by atoms with Crippen molar-refractivity contribution in [3.63, 3.8) is 0 Å². The minimum atomic E-state index is -0.471. The molecule has 0 aliphatic rings. The fourth-order valence-electron chi connectivity index (χ4n) is 2.51. The second-order valence-electron chi connectivity index (χ2n) is 6.24. The molecule has 0 fully saturated rings. The highest BCUT2D eigenvalue weighted by Gasteiger charge is 2.14. The number of hydrogen-bond acceptors (Lipinski definition) is 7. The summed E-state index contributed by atoms with van der Waals surface area (Å²) < 4.78 is 1.58. The number of nitrogens with one attached hydrogen (secondary N) is 1. The third-order valence-corrected chi connectivity index (χ3v) is 5.12. The lowest BCUT2D eigenvalue weighted by Gasteiger charge is -2.09. The van der Waals surface area contributed by atoms with Gasteiger partial charge in [0.15, 0.2) is 0 Å². The molecule has 1 N–H and O–H groups in total. The second kappa shape index (κ2) is 8.17. The van der Waals surface area contributed by atoms with Gasteiger partial charge in [-0.15, -0.1) is 5.10 Å². The van der Waals surface area contributed by atoms with Crippen LogP contribution in [0.25, 0.3) is 5.69 Å². The third-order valence-electron chi connectivity index (χ3n) is 4.20. The summed E-state index contributed by atoms with van der Waals surface area (Å²) in [6.07, 6.45) is 0. The third kappa shape index (κ3) is 4.34. The van der Waals surface area contributed by atoms with Crippen molar-refractivity contribution in [2.75, 3.05) is 11.1 Å². The van der Waals surface area contributed by atoms with E-state index in [1.54, 1.807) is 11.6 Å². The van der Waals surface area contributed by atoms with Crippen molar-refractivity contribution in [2.24, 2.45) is 0 Å². The molecule has 144 valence electrons. The molecule has 0 saturated heterocycles. The van der Waals surface area contributed by atoms with E-state index in [1.165, 1.54) is 35.5 Å². The predicted molar refractivity (Wildman–Crippen MR) is 106 cm³/mol. The summed E-state index contributed by atoms with van der Waals surface area (Å²) in [5.41, 5.74) is 4.25. The van der Waals surface area contributed by atoms with Crippen LogP contribution in [0.3, 0.4) is 0 Å². The summed E-state index contributed by atoms with van der Waals surface area (Å²) >= 11 is 1.21. The number of rotatable bonds is 6. The average Bonchev–Trinajstić information content (AvgIpc) is 3.12. The van der Waals surface area contributed by atoms with E-state index in [-0.39, 0.29) is 17.3 Å². The molecule has 10 heteroatoms. The van der Waals surface area contributed by atoms with Gasteiger partial charge in [0.1, 0.15) is 0 Å². The highest BCUT2D eigenvalue weighted by molar-refractivity contribution is 7.99. The zero-order valence-electron chi connectivity index (χ0n) is 15.5. The number of carbonyl (C=O) groups excluding carboxylic acids is 1. The molecule has 1 aromatic heterocycles. The Morgan fingerprint density at radius 3 is 2.61 bits per heavy atom. The number of benzene rings is 2. The van der Waals surface area contributed by atoms with Crippen LogP contribution >= 0.6 is 11.8 Å². The Labute approximate surface area is 165 Å². The quantitative estimate of drug-likeness (QED) is 0.385. The molecule has 0 radical (unpaired) electrons. The van der Waals surface area contributed by atoms with E-state index in [0.29, 0.717) is 16.4 Å². The lowest BCUT2D eigenvalue weighted by Crippen LogP contribution is -2.15. The molecular weight excluding hydrogens is 380 g/mol. The van der Waals surface area contributed by atoms with Crippen molar-refractivity contribution in [1.29, 1.82) is 0 Å². The molecule has 28 heavy (non-hydrogen) atoms. The smallest absolute Gasteiger partial charge is 0.269 e. The van der Waals surface area contributed by atoms with Gasteiger partial charge in [-0.2, -0.15) is 4.68 Å². The van der Waals surface area contributed by atoms with E-state index >= 15 is 0 Å². The van der Waals surface area contributed by atoms with Crippen molar-refractivity contribution in [1.82, 2.24) is 20.2 Å². The summed E-state index contributed by atoms with van der Waals surface area (Å²) in [5, 5.41) is 25.7. The van der Waals surface area contributed by atoms with Gasteiger partial charge in [-0.1, -0.05) is 17.8 Å². The van der Waals surface area contributed by atoms with E-state index < -0.39 is 4.92 Å². The molecular formula is C18H18N6O3S. The van der Waals surface area contributed by atoms with Crippen molar-refractivity contribution >= 4 is 29.0 Å². The average molecular weight is 398 g/mol. The van der Waals surface area contributed by atoms with E-state index in [4.69, 9.17) is 0 Å². The van der Waals surface area contributed by atoms with Crippen molar-refractivity contribution < 1.29 is 9.72 Å². The lowest BCUT2D eigenvalue weighted by atomic mass is 10.1. The Bertz CT molecular complexity index is 1050. The molecule has 2 aromatic carbocycles. The topological polar surface area (TPSA) is 116 Å². The highest BCUT2D eigenvalue weighted by Crippen LogP contribution is 2.23. The fourth-order valence-corrected chi connectivity index (χ4v) is 3.20. The maximum Gasteiger partial charge on any atom is 0.269 e. The van der Waals surface area contributed by atoms with Crippen molar-refractivity contribution in [3.8, 4) is 5.69 Å². The molecule has 0 aliphatic heterocycles. The number of non-ortho nitro benzene ring substituents is 1. The summed E-state index contributed by atoms with van der Waals surface area (Å²) in [5.74, 6) is -0.154. The van der Waals surface area contributed by atoms with Crippen molar-refractivity contribution in [3.05, 3.63) is 63.2 Å². The number of thioether (sulfide) groups is 1. The molecule has 1 amide bonds. The predicted octanol–water partition coefficient (Wildman–Crippen LogP) is 3.23. The first kappa shape index (κ1) is 19.5. The van der Waals surface area contributed by atoms with Gasteiger partial charge in [0.25, 0.3) is 5.69 Å². The minimum absolute atomic E-state index is 0.0163. The molecule has 0 bridgehead atoms. The SMILES string of the molecule is Cc1ccc(-n2nnnc2SCC(=O)Nc2ccc([N+](=O)[O-])cc2C)cc1C. The summed E-state index contributed by atoms with van der Waals surface area (Å²) in [6.45, 7) is 5.74. The Kier molecular flexibility index (Phi) is 5.69. The number of anilines is 1. The monoisotopic (exact) mass is 398 g/mol. The number of amides is 1. The Hall–Kier alpha value is -3.27. The van der Waals surface area contributed by atoms with Crippen LogP contribution in [-0.4, -0.2) is 36.8 Å². The van der Waals surface area contributed by atoms with Gasteiger partial charge >= 0.3 is 0 Å². The number of nitro benzene ring substituents is 1.